The van der Waals surface area contributed by atoms with Gasteiger partial charge in [0.1, 0.15) is 17.0 Å². The Balaban J connectivity index is 1.41. The number of amides is 1. The first-order chi connectivity index (χ1) is 20.5. The Bertz CT molecular complexity index is 1650. The maximum absolute atomic E-state index is 16.4. The van der Waals surface area contributed by atoms with Crippen molar-refractivity contribution < 1.29 is 13.6 Å². The highest BCUT2D eigenvalue weighted by Crippen LogP contribution is 2.37. The number of halogens is 1. The second kappa shape index (κ2) is 12.2. The van der Waals surface area contributed by atoms with Gasteiger partial charge in [-0.15, -0.1) is 10.2 Å². The standard InChI is InChI=1S/C31H35FN8O2/c1-3-40-24(15-18-34-40)30(41)37-27(21-9-7-5-4-6-8-10-21)29-35-23-12-11-22(26(32)28(23)36-29)25(20-13-16-33-17-14-20)31-39-38-19(2)42-31/h11-18,21,25,27H,3-10H2,1-2H3,(H,35,36)(H,37,41). The van der Waals surface area contributed by atoms with Gasteiger partial charge in [0.05, 0.1) is 17.5 Å². The van der Waals surface area contributed by atoms with Gasteiger partial charge in [-0.3, -0.25) is 14.5 Å². The fraction of sp³-hybridized carbons (Fsp3) is 0.419. The summed E-state index contributed by atoms with van der Waals surface area (Å²) in [6.07, 6.45) is 12.6. The summed E-state index contributed by atoms with van der Waals surface area (Å²) >= 11 is 0. The number of H-pyrrole nitrogens is 1. The molecule has 2 unspecified atom stereocenters. The first kappa shape index (κ1) is 27.7. The normalized spacial score (nSPS) is 16.2. The molecule has 42 heavy (non-hydrogen) atoms. The minimum atomic E-state index is -0.630. The van der Waals surface area contributed by atoms with Crippen molar-refractivity contribution in [2.24, 2.45) is 5.92 Å². The van der Waals surface area contributed by atoms with Crippen LogP contribution in [-0.4, -0.2) is 40.8 Å². The molecule has 4 aromatic heterocycles. The zero-order chi connectivity index (χ0) is 29.1. The minimum absolute atomic E-state index is 0.168. The summed E-state index contributed by atoms with van der Waals surface area (Å²) in [4.78, 5) is 25.8. The number of aromatic nitrogens is 7. The third-order valence-electron chi connectivity index (χ3n) is 8.23. The van der Waals surface area contributed by atoms with Crippen LogP contribution < -0.4 is 5.32 Å². The van der Waals surface area contributed by atoms with E-state index < -0.39 is 17.8 Å². The van der Waals surface area contributed by atoms with Gasteiger partial charge in [0, 0.05) is 37.6 Å². The zero-order valence-corrected chi connectivity index (χ0v) is 23.9. The summed E-state index contributed by atoms with van der Waals surface area (Å²) in [7, 11) is 0. The molecule has 218 valence electrons. The molecule has 6 rings (SSSR count). The van der Waals surface area contributed by atoms with Crippen molar-refractivity contribution in [2.45, 2.75) is 77.3 Å². The van der Waals surface area contributed by atoms with Gasteiger partial charge in [0.2, 0.25) is 11.8 Å². The molecule has 1 aliphatic carbocycles. The quantitative estimate of drug-likeness (QED) is 0.234. The first-order valence-electron chi connectivity index (χ1n) is 14.7. The molecule has 0 saturated heterocycles. The van der Waals surface area contributed by atoms with Crippen molar-refractivity contribution in [3.05, 3.63) is 89.2 Å². The molecule has 0 radical (unpaired) electrons. The first-order valence-corrected chi connectivity index (χ1v) is 14.7. The van der Waals surface area contributed by atoms with Gasteiger partial charge in [-0.2, -0.15) is 5.10 Å². The number of nitrogens with one attached hydrogen (secondary N) is 2. The van der Waals surface area contributed by atoms with Crippen LogP contribution in [0.25, 0.3) is 11.0 Å². The van der Waals surface area contributed by atoms with E-state index in [2.05, 4.69) is 30.6 Å². The minimum Gasteiger partial charge on any atom is -0.425 e. The Morgan fingerprint density at radius 3 is 2.55 bits per heavy atom. The molecule has 2 atom stereocenters. The van der Waals surface area contributed by atoms with E-state index in [1.807, 2.05) is 25.1 Å². The third-order valence-corrected chi connectivity index (χ3v) is 8.23. The van der Waals surface area contributed by atoms with Crippen molar-refractivity contribution in [1.29, 1.82) is 0 Å². The molecule has 1 amide bonds. The predicted octanol–water partition coefficient (Wildman–Crippen LogP) is 6.02. The smallest absolute Gasteiger partial charge is 0.270 e. The molecule has 2 N–H and O–H groups in total. The van der Waals surface area contributed by atoms with Crippen molar-refractivity contribution in [2.75, 3.05) is 0 Å². The van der Waals surface area contributed by atoms with Gasteiger partial charge in [-0.25, -0.2) is 9.37 Å². The van der Waals surface area contributed by atoms with Crippen molar-refractivity contribution in [1.82, 2.24) is 40.2 Å². The summed E-state index contributed by atoms with van der Waals surface area (Å²) in [5.41, 5.74) is 2.41. The number of benzene rings is 1. The van der Waals surface area contributed by atoms with E-state index in [4.69, 9.17) is 9.40 Å². The monoisotopic (exact) mass is 570 g/mol. The lowest BCUT2D eigenvalue weighted by atomic mass is 9.85. The number of aryl methyl sites for hydroxylation is 2. The van der Waals surface area contributed by atoms with Gasteiger partial charge in [0.15, 0.2) is 5.82 Å². The zero-order valence-electron chi connectivity index (χ0n) is 23.9. The van der Waals surface area contributed by atoms with Crippen LogP contribution in [0, 0.1) is 18.7 Å². The fourth-order valence-corrected chi connectivity index (χ4v) is 6.11. The number of hydrogen-bond acceptors (Lipinski definition) is 7. The molecular formula is C31H35FN8O2. The lowest BCUT2D eigenvalue weighted by molar-refractivity contribution is 0.0901. The highest BCUT2D eigenvalue weighted by molar-refractivity contribution is 5.92. The van der Waals surface area contributed by atoms with Gasteiger partial charge in [-0.1, -0.05) is 38.2 Å². The maximum atomic E-state index is 16.4. The summed E-state index contributed by atoms with van der Waals surface area (Å²) < 4.78 is 23.9. The van der Waals surface area contributed by atoms with E-state index in [1.165, 1.54) is 19.3 Å². The topological polar surface area (TPSA) is 127 Å². The molecule has 11 heteroatoms. The van der Waals surface area contributed by atoms with E-state index in [1.54, 1.807) is 42.3 Å². The summed E-state index contributed by atoms with van der Waals surface area (Å²) in [5, 5.41) is 15.7. The van der Waals surface area contributed by atoms with Crippen molar-refractivity contribution in [3.63, 3.8) is 0 Å². The van der Waals surface area contributed by atoms with E-state index >= 15 is 4.39 Å². The lowest BCUT2D eigenvalue weighted by Crippen LogP contribution is -2.35. The second-order valence-corrected chi connectivity index (χ2v) is 10.9. The molecule has 0 aliphatic heterocycles. The molecule has 0 spiro atoms. The second-order valence-electron chi connectivity index (χ2n) is 10.9. The number of carbonyl (C=O) groups is 1. The van der Waals surface area contributed by atoms with Crippen LogP contribution in [0.5, 0.6) is 0 Å². The van der Waals surface area contributed by atoms with Crippen molar-refractivity contribution >= 4 is 16.9 Å². The number of imidazole rings is 1. The Morgan fingerprint density at radius 2 is 1.83 bits per heavy atom. The number of pyridine rings is 1. The van der Waals surface area contributed by atoms with Gasteiger partial charge >= 0.3 is 0 Å². The molecule has 1 saturated carbocycles. The number of nitrogens with zero attached hydrogens (tertiary/aromatic N) is 6. The molecule has 4 heterocycles. The SMILES string of the molecule is CCn1nccc1C(=O)NC(c1nc2c(F)c(C(c3ccncc3)c3nnc(C)o3)ccc2[nH]1)C1CCCCCCC1. The average molecular weight is 571 g/mol. The summed E-state index contributed by atoms with van der Waals surface area (Å²) in [6.45, 7) is 4.24. The maximum Gasteiger partial charge on any atom is 0.270 e. The van der Waals surface area contributed by atoms with Crippen LogP contribution in [0.15, 0.2) is 53.3 Å². The van der Waals surface area contributed by atoms with Crippen LogP contribution >= 0.6 is 0 Å². The Hall–Kier alpha value is -4.41. The number of hydrogen-bond donors (Lipinski definition) is 2. The highest BCUT2D eigenvalue weighted by atomic mass is 19.1. The predicted molar refractivity (Wildman–Crippen MR) is 154 cm³/mol. The molecule has 1 aliphatic rings. The fourth-order valence-electron chi connectivity index (χ4n) is 6.11. The summed E-state index contributed by atoms with van der Waals surface area (Å²) in [6, 6.07) is 8.49. The largest absolute Gasteiger partial charge is 0.425 e. The molecule has 5 aromatic rings. The Kier molecular flexibility index (Phi) is 8.07. The van der Waals surface area contributed by atoms with E-state index in [-0.39, 0.29) is 17.3 Å². The van der Waals surface area contributed by atoms with Crippen LogP contribution in [0.2, 0.25) is 0 Å². The van der Waals surface area contributed by atoms with E-state index in [0.717, 1.165) is 31.2 Å². The Morgan fingerprint density at radius 1 is 1.07 bits per heavy atom. The highest BCUT2D eigenvalue weighted by Gasteiger charge is 2.31. The van der Waals surface area contributed by atoms with Gasteiger partial charge in [-0.05, 0) is 55.5 Å². The van der Waals surface area contributed by atoms with Crippen LogP contribution in [0.3, 0.4) is 0 Å². The van der Waals surface area contributed by atoms with Gasteiger partial charge in [0.25, 0.3) is 5.91 Å². The molecule has 0 bridgehead atoms. The van der Waals surface area contributed by atoms with Crippen LogP contribution in [-0.2, 0) is 6.54 Å². The lowest BCUT2D eigenvalue weighted by Gasteiger charge is -2.28. The van der Waals surface area contributed by atoms with E-state index in [0.29, 0.717) is 40.9 Å². The van der Waals surface area contributed by atoms with Crippen molar-refractivity contribution in [3.8, 4) is 0 Å². The number of aromatic amines is 1. The molecular weight excluding hydrogens is 535 g/mol. The van der Waals surface area contributed by atoms with Crippen LogP contribution in [0.1, 0.15) is 103 Å². The molecule has 1 fully saturated rings. The number of fused-ring (bicyclic) bond motifs is 1. The van der Waals surface area contributed by atoms with E-state index in [9.17, 15) is 4.79 Å². The molecule has 1 aromatic carbocycles. The average Bonchev–Trinajstić information content (AvgIpc) is 3.74. The van der Waals surface area contributed by atoms with Crippen LogP contribution in [0.4, 0.5) is 4.39 Å². The number of carbonyl (C=O) groups excluding carboxylic acids is 1. The summed E-state index contributed by atoms with van der Waals surface area (Å²) in [5.74, 6) is 0.0915. The number of rotatable bonds is 8. The third kappa shape index (κ3) is 5.55. The Labute approximate surface area is 243 Å². The molecule has 10 nitrogen and oxygen atoms in total. The van der Waals surface area contributed by atoms with Gasteiger partial charge < -0.3 is 14.7 Å².